The summed E-state index contributed by atoms with van der Waals surface area (Å²) < 4.78 is 1.43. The van der Waals surface area contributed by atoms with Crippen LogP contribution < -0.4 is 21.8 Å². The van der Waals surface area contributed by atoms with E-state index in [1.54, 1.807) is 0 Å². The Morgan fingerprint density at radius 3 is 2.64 bits per heavy atom. The first-order valence-corrected chi connectivity index (χ1v) is 9.43. The fourth-order valence-electron chi connectivity index (χ4n) is 3.22. The second-order valence-corrected chi connectivity index (χ2v) is 6.80. The number of carbonyl (C=O) groups is 2. The Kier molecular flexibility index (Phi) is 5.51. The van der Waals surface area contributed by atoms with Crippen LogP contribution in [0.15, 0.2) is 64.7 Å². The molecule has 4 N–H and O–H groups in total. The zero-order chi connectivity index (χ0) is 23.5. The molecule has 4 aromatic rings. The summed E-state index contributed by atoms with van der Waals surface area (Å²) in [7, 11) is 0. The van der Waals surface area contributed by atoms with Crippen LogP contribution in [0.1, 0.15) is 10.4 Å². The van der Waals surface area contributed by atoms with E-state index in [1.807, 2.05) is 0 Å². The number of aromatic nitrogens is 4. The monoisotopic (exact) mass is 449 g/mol. The molecule has 2 amide bonds. The first-order valence-electron chi connectivity index (χ1n) is 9.43. The molecule has 0 atom stereocenters. The number of nitro benzene ring substituents is 1. The van der Waals surface area contributed by atoms with Gasteiger partial charge in [-0.2, -0.15) is 0 Å². The molecule has 0 saturated heterocycles. The minimum atomic E-state index is -0.711. The Labute approximate surface area is 183 Å². The number of anilines is 1. The van der Waals surface area contributed by atoms with Crippen LogP contribution in [0, 0.1) is 10.1 Å². The van der Waals surface area contributed by atoms with Crippen molar-refractivity contribution in [2.24, 2.45) is 0 Å². The number of nitrogens with one attached hydrogen (secondary N) is 4. The number of benzene rings is 2. The summed E-state index contributed by atoms with van der Waals surface area (Å²) in [5.74, 6) is -1.38. The van der Waals surface area contributed by atoms with Gasteiger partial charge in [-0.3, -0.25) is 39.5 Å². The van der Waals surface area contributed by atoms with Crippen LogP contribution in [-0.2, 0) is 4.79 Å². The molecule has 13 heteroatoms. The van der Waals surface area contributed by atoms with Gasteiger partial charge in [-0.1, -0.05) is 6.07 Å². The van der Waals surface area contributed by atoms with Gasteiger partial charge in [0.15, 0.2) is 0 Å². The summed E-state index contributed by atoms with van der Waals surface area (Å²) in [6.07, 6.45) is 4.38. The first-order chi connectivity index (χ1) is 15.8. The minimum absolute atomic E-state index is 0.00774. The molecule has 0 unspecified atom stereocenters. The van der Waals surface area contributed by atoms with Crippen molar-refractivity contribution >= 4 is 34.0 Å². The van der Waals surface area contributed by atoms with Crippen molar-refractivity contribution in [1.82, 2.24) is 25.1 Å². The van der Waals surface area contributed by atoms with Crippen molar-refractivity contribution in [3.8, 4) is 5.69 Å². The second-order valence-electron chi connectivity index (χ2n) is 6.80. The van der Waals surface area contributed by atoms with Gasteiger partial charge in [0, 0.05) is 24.0 Å². The van der Waals surface area contributed by atoms with Gasteiger partial charge < -0.3 is 15.2 Å². The number of hydrogen-bond donors (Lipinski definition) is 4. The van der Waals surface area contributed by atoms with Crippen LogP contribution in [0.4, 0.5) is 11.4 Å². The molecule has 4 rings (SSSR count). The molecule has 13 nitrogen and oxygen atoms in total. The molecule has 2 heterocycles. The SMILES string of the molecule is O=C(CNC(=O)c1ccc(-n2ccnc2)c([N+](=O)[O-])c1)Nc1cccc2c(=O)[nH][nH]c(=O)c12. The fraction of sp³-hybridized carbons (Fsp3) is 0.0500. The zero-order valence-electron chi connectivity index (χ0n) is 16.7. The topological polar surface area (TPSA) is 185 Å². The number of fused-ring (bicyclic) bond motifs is 1. The maximum atomic E-state index is 12.5. The molecule has 166 valence electrons. The lowest BCUT2D eigenvalue weighted by molar-refractivity contribution is -0.384. The summed E-state index contributed by atoms with van der Waals surface area (Å²) in [5, 5.41) is 20.7. The average molecular weight is 449 g/mol. The predicted octanol–water partition coefficient (Wildman–Crippen LogP) is 0.679. The molecule has 33 heavy (non-hydrogen) atoms. The van der Waals surface area contributed by atoms with E-state index in [0.29, 0.717) is 0 Å². The maximum absolute atomic E-state index is 12.5. The highest BCUT2D eigenvalue weighted by molar-refractivity contribution is 6.04. The quantitative estimate of drug-likeness (QED) is 0.246. The number of nitro groups is 1. The lowest BCUT2D eigenvalue weighted by atomic mass is 10.1. The fourth-order valence-corrected chi connectivity index (χ4v) is 3.22. The van der Waals surface area contributed by atoms with Gasteiger partial charge in [0.05, 0.1) is 34.3 Å². The molecule has 0 saturated carbocycles. The van der Waals surface area contributed by atoms with Crippen LogP contribution in [-0.4, -0.2) is 43.0 Å². The Balaban J connectivity index is 1.49. The number of aromatic amines is 2. The molecular formula is C20H15N7O6. The Morgan fingerprint density at radius 1 is 1.12 bits per heavy atom. The number of amides is 2. The number of carbonyl (C=O) groups excluding carboxylic acids is 2. The van der Waals surface area contributed by atoms with E-state index < -0.39 is 34.4 Å². The minimum Gasteiger partial charge on any atom is -0.343 e. The van der Waals surface area contributed by atoms with E-state index in [-0.39, 0.29) is 33.4 Å². The van der Waals surface area contributed by atoms with Crippen LogP contribution >= 0.6 is 0 Å². The van der Waals surface area contributed by atoms with E-state index in [9.17, 15) is 29.3 Å². The van der Waals surface area contributed by atoms with E-state index in [0.717, 1.165) is 6.07 Å². The molecule has 0 aliphatic heterocycles. The highest BCUT2D eigenvalue weighted by Gasteiger charge is 2.19. The highest BCUT2D eigenvalue weighted by Crippen LogP contribution is 2.24. The van der Waals surface area contributed by atoms with Gasteiger partial charge in [-0.05, 0) is 24.3 Å². The van der Waals surface area contributed by atoms with Gasteiger partial charge in [0.1, 0.15) is 5.69 Å². The van der Waals surface area contributed by atoms with Crippen molar-refractivity contribution in [2.45, 2.75) is 0 Å². The van der Waals surface area contributed by atoms with Crippen molar-refractivity contribution in [3.63, 3.8) is 0 Å². The number of nitrogens with zero attached hydrogens (tertiary/aromatic N) is 3. The molecular weight excluding hydrogens is 434 g/mol. The third kappa shape index (κ3) is 4.23. The Hall–Kier alpha value is -5.07. The lowest BCUT2D eigenvalue weighted by Gasteiger charge is -2.10. The van der Waals surface area contributed by atoms with Gasteiger partial charge >= 0.3 is 0 Å². The first kappa shape index (κ1) is 21.2. The Morgan fingerprint density at radius 2 is 1.91 bits per heavy atom. The Bertz CT molecular complexity index is 1500. The van der Waals surface area contributed by atoms with Gasteiger partial charge in [-0.25, -0.2) is 4.98 Å². The summed E-state index contributed by atoms with van der Waals surface area (Å²) in [4.78, 5) is 63.4. The summed E-state index contributed by atoms with van der Waals surface area (Å²) >= 11 is 0. The van der Waals surface area contributed by atoms with Crippen LogP contribution in [0.25, 0.3) is 16.5 Å². The number of imidazole rings is 1. The summed E-state index contributed by atoms with van der Waals surface area (Å²) in [6.45, 7) is -0.479. The normalized spacial score (nSPS) is 10.7. The molecule has 0 bridgehead atoms. The van der Waals surface area contributed by atoms with E-state index in [1.165, 1.54) is 53.6 Å². The third-order valence-electron chi connectivity index (χ3n) is 4.73. The molecule has 2 aromatic carbocycles. The van der Waals surface area contributed by atoms with Crippen molar-refractivity contribution in [2.75, 3.05) is 11.9 Å². The van der Waals surface area contributed by atoms with E-state index >= 15 is 0 Å². The van der Waals surface area contributed by atoms with Gasteiger partial charge in [-0.15, -0.1) is 0 Å². The largest absolute Gasteiger partial charge is 0.343 e. The second kappa shape index (κ2) is 8.58. The smallest absolute Gasteiger partial charge is 0.294 e. The summed E-state index contributed by atoms with van der Waals surface area (Å²) in [6, 6.07) is 8.24. The van der Waals surface area contributed by atoms with Crippen LogP contribution in [0.3, 0.4) is 0 Å². The van der Waals surface area contributed by atoms with E-state index in [2.05, 4.69) is 25.8 Å². The molecule has 0 aliphatic rings. The highest BCUT2D eigenvalue weighted by atomic mass is 16.6. The van der Waals surface area contributed by atoms with Crippen molar-refractivity contribution in [3.05, 3.63) is 91.5 Å². The van der Waals surface area contributed by atoms with Crippen molar-refractivity contribution in [1.29, 1.82) is 0 Å². The van der Waals surface area contributed by atoms with E-state index in [4.69, 9.17) is 0 Å². The van der Waals surface area contributed by atoms with Gasteiger partial charge in [0.25, 0.3) is 22.7 Å². The number of H-pyrrole nitrogens is 2. The molecule has 0 radical (unpaired) electrons. The van der Waals surface area contributed by atoms with Crippen LogP contribution in [0.5, 0.6) is 0 Å². The number of hydrogen-bond acceptors (Lipinski definition) is 7. The molecule has 0 spiro atoms. The summed E-state index contributed by atoms with van der Waals surface area (Å²) in [5.41, 5.74) is -1.15. The lowest BCUT2D eigenvalue weighted by Crippen LogP contribution is -2.33. The molecule has 0 aliphatic carbocycles. The standard InChI is InChI=1S/C20H15N7O6/c28-16(23-13-3-1-2-12-17(13)20(31)25-24-19(12)30)9-22-18(29)11-4-5-14(15(8-11)27(32)33)26-7-6-21-10-26/h1-8,10H,9H2,(H,22,29)(H,23,28)(H,24,30)(H,25,31). The average Bonchev–Trinajstić information content (AvgIpc) is 3.34. The van der Waals surface area contributed by atoms with Gasteiger partial charge in [0.2, 0.25) is 5.91 Å². The zero-order valence-corrected chi connectivity index (χ0v) is 16.7. The third-order valence-corrected chi connectivity index (χ3v) is 4.73. The maximum Gasteiger partial charge on any atom is 0.294 e. The predicted molar refractivity (Wildman–Crippen MR) is 116 cm³/mol. The van der Waals surface area contributed by atoms with Crippen LogP contribution in [0.2, 0.25) is 0 Å². The van der Waals surface area contributed by atoms with Crippen molar-refractivity contribution < 1.29 is 14.5 Å². The molecule has 2 aromatic heterocycles. The molecule has 0 fully saturated rings. The number of rotatable bonds is 6.